The fourth-order valence-corrected chi connectivity index (χ4v) is 4.14. The van der Waals surface area contributed by atoms with Crippen LogP contribution in [0.5, 0.6) is 5.75 Å². The average molecular weight is 465 g/mol. The molecule has 1 unspecified atom stereocenters. The molecule has 2 rings (SSSR count). The number of nitrogens with zero attached hydrogens (tertiary/aromatic N) is 1. The Morgan fingerprint density at radius 1 is 1.09 bits per heavy atom. The zero-order chi connectivity index (χ0) is 24.4. The lowest BCUT2D eigenvalue weighted by Gasteiger charge is -2.28. The molecule has 6 nitrogen and oxygen atoms in total. The highest BCUT2D eigenvalue weighted by Gasteiger charge is 2.28. The Kier molecular flexibility index (Phi) is 7.60. The van der Waals surface area contributed by atoms with E-state index in [1.165, 1.54) is 12.1 Å². The van der Waals surface area contributed by atoms with Crippen molar-refractivity contribution in [3.8, 4) is 5.75 Å². The zero-order valence-corrected chi connectivity index (χ0v) is 20.6. The van der Waals surface area contributed by atoms with E-state index >= 15 is 4.39 Å². The molecule has 0 aliphatic carbocycles. The maximum Gasteiger partial charge on any atom is 0.236 e. The Morgan fingerprint density at radius 3 is 2.16 bits per heavy atom. The minimum absolute atomic E-state index is 0.161. The van der Waals surface area contributed by atoms with Crippen molar-refractivity contribution in [3.05, 3.63) is 53.3 Å². The van der Waals surface area contributed by atoms with Gasteiger partial charge in [0.1, 0.15) is 11.6 Å². The summed E-state index contributed by atoms with van der Waals surface area (Å²) in [7, 11) is -3.93. The van der Waals surface area contributed by atoms with Gasteiger partial charge in [0, 0.05) is 0 Å². The maximum atomic E-state index is 15.2. The monoisotopic (exact) mass is 464 g/mol. The molecule has 0 aromatic heterocycles. The third-order valence-corrected chi connectivity index (χ3v) is 6.12. The molecule has 1 atom stereocenters. The average Bonchev–Trinajstić information content (AvgIpc) is 2.65. The van der Waals surface area contributed by atoms with Crippen molar-refractivity contribution in [1.82, 2.24) is 0 Å². The maximum absolute atomic E-state index is 15.2. The largest absolute Gasteiger partial charge is 0.491 e. The van der Waals surface area contributed by atoms with Gasteiger partial charge in [0.05, 0.1) is 30.2 Å². The number of primary amides is 1. The van der Waals surface area contributed by atoms with Crippen molar-refractivity contribution in [2.75, 3.05) is 17.2 Å². The second kappa shape index (κ2) is 9.48. The summed E-state index contributed by atoms with van der Waals surface area (Å²) >= 11 is 0. The molecule has 0 fully saturated rings. The number of hydrogen-bond acceptors (Lipinski definition) is 4. The van der Waals surface area contributed by atoms with Gasteiger partial charge in [-0.25, -0.2) is 17.1 Å². The molecule has 0 aliphatic heterocycles. The molecule has 2 aromatic rings. The molecule has 176 valence electrons. The zero-order valence-electron chi connectivity index (χ0n) is 19.8. The van der Waals surface area contributed by atoms with E-state index in [-0.39, 0.29) is 22.7 Å². The van der Waals surface area contributed by atoms with Crippen LogP contribution in [0.3, 0.4) is 0 Å². The number of rotatable bonds is 8. The molecule has 0 saturated carbocycles. The molecular weight excluding hydrogens is 431 g/mol. The number of ether oxygens (including phenoxy) is 1. The molecule has 0 bridgehead atoms. The van der Waals surface area contributed by atoms with E-state index in [1.807, 2.05) is 40.7 Å². The summed E-state index contributed by atoms with van der Waals surface area (Å²) in [5.74, 6) is -1.53. The van der Waals surface area contributed by atoms with Crippen molar-refractivity contribution in [3.63, 3.8) is 0 Å². The van der Waals surface area contributed by atoms with E-state index in [0.29, 0.717) is 17.9 Å². The summed E-state index contributed by atoms with van der Waals surface area (Å²) in [5, 5.41) is 0. The van der Waals surface area contributed by atoms with Crippen LogP contribution in [-0.4, -0.2) is 27.2 Å². The van der Waals surface area contributed by atoms with Crippen LogP contribution in [-0.2, 0) is 20.2 Å². The van der Waals surface area contributed by atoms with Crippen molar-refractivity contribution in [1.29, 1.82) is 0 Å². The summed E-state index contributed by atoms with van der Waals surface area (Å²) in [6.45, 7) is 12.0. The van der Waals surface area contributed by atoms with Gasteiger partial charge in [0.15, 0.2) is 0 Å². The summed E-state index contributed by atoms with van der Waals surface area (Å²) < 4.78 is 47.7. The highest BCUT2D eigenvalue weighted by atomic mass is 32.2. The van der Waals surface area contributed by atoms with Gasteiger partial charge in [0.2, 0.25) is 15.9 Å². The molecule has 32 heavy (non-hydrogen) atoms. The number of carbonyl (C=O) groups is 1. The molecule has 2 N–H and O–H groups in total. The topological polar surface area (TPSA) is 89.7 Å². The molecule has 0 saturated heterocycles. The Balaban J connectivity index is 2.70. The normalized spacial score (nSPS) is 13.2. The van der Waals surface area contributed by atoms with Crippen LogP contribution in [0.25, 0.3) is 0 Å². The minimum Gasteiger partial charge on any atom is -0.491 e. The lowest BCUT2D eigenvalue weighted by molar-refractivity contribution is -0.119. The highest BCUT2D eigenvalue weighted by molar-refractivity contribution is 7.92. The first kappa shape index (κ1) is 25.6. The van der Waals surface area contributed by atoms with Crippen molar-refractivity contribution in [2.24, 2.45) is 11.7 Å². The molecule has 8 heteroatoms. The van der Waals surface area contributed by atoms with Crippen LogP contribution in [0.4, 0.5) is 15.8 Å². The van der Waals surface area contributed by atoms with Crippen LogP contribution < -0.4 is 14.8 Å². The lowest BCUT2D eigenvalue weighted by Crippen LogP contribution is -2.27. The number of benzene rings is 2. The predicted molar refractivity (Wildman–Crippen MR) is 126 cm³/mol. The summed E-state index contributed by atoms with van der Waals surface area (Å²) in [4.78, 5) is 11.5. The summed E-state index contributed by atoms with van der Waals surface area (Å²) in [6, 6.07) is 9.24. The smallest absolute Gasteiger partial charge is 0.236 e. The van der Waals surface area contributed by atoms with Gasteiger partial charge in [-0.15, -0.1) is 0 Å². The number of carbonyl (C=O) groups excluding carboxylic acids is 1. The van der Waals surface area contributed by atoms with Gasteiger partial charge in [0.25, 0.3) is 0 Å². The standard InChI is InChI=1S/C24H33FN2O4S/c1-15(2)14-31-22-13-18(24(4,5)6)9-11-21(22)27(32(7,29)30)20-10-8-17(12-19(20)25)16(3)23(26)28/h8-13,15-16H,14H2,1-7H3,(H2,26,28). The molecule has 0 radical (unpaired) electrons. The van der Waals surface area contributed by atoms with Gasteiger partial charge in [-0.05, 0) is 53.6 Å². The lowest BCUT2D eigenvalue weighted by atomic mass is 9.87. The molecule has 0 spiro atoms. The SMILES string of the molecule is CC(C)COc1cc(C(C)(C)C)ccc1N(c1ccc(C(C)C(N)=O)cc1F)S(C)(=O)=O. The molecule has 2 aromatic carbocycles. The van der Waals surface area contributed by atoms with Crippen molar-refractivity contribution < 1.29 is 22.3 Å². The Bertz CT molecular complexity index is 1090. The quantitative estimate of drug-likeness (QED) is 0.605. The van der Waals surface area contributed by atoms with Gasteiger partial charge in [-0.3, -0.25) is 4.79 Å². The molecule has 0 heterocycles. The first-order chi connectivity index (χ1) is 14.6. The molecular formula is C24H33FN2O4S. The third kappa shape index (κ3) is 6.00. The fourth-order valence-electron chi connectivity index (χ4n) is 3.13. The number of sulfonamides is 1. The first-order valence-electron chi connectivity index (χ1n) is 10.5. The van der Waals surface area contributed by atoms with Crippen molar-refractivity contribution in [2.45, 2.75) is 52.9 Å². The second-order valence-corrected chi connectivity index (χ2v) is 11.3. The highest BCUT2D eigenvalue weighted by Crippen LogP contribution is 2.40. The number of nitrogens with two attached hydrogens (primary N) is 1. The van der Waals surface area contributed by atoms with Crippen LogP contribution in [0.15, 0.2) is 36.4 Å². The number of halogens is 1. The number of hydrogen-bond donors (Lipinski definition) is 1. The number of anilines is 2. The van der Waals surface area contributed by atoms with Crippen LogP contribution in [0, 0.1) is 11.7 Å². The Morgan fingerprint density at radius 2 is 1.69 bits per heavy atom. The summed E-state index contributed by atoms with van der Waals surface area (Å²) in [6.07, 6.45) is 1.01. The van der Waals surface area contributed by atoms with Gasteiger partial charge < -0.3 is 10.5 Å². The second-order valence-electron chi connectivity index (χ2n) is 9.50. The van der Waals surface area contributed by atoms with Gasteiger partial charge in [-0.1, -0.05) is 46.8 Å². The van der Waals surface area contributed by atoms with E-state index in [0.717, 1.165) is 22.2 Å². The van der Waals surface area contributed by atoms with Crippen molar-refractivity contribution >= 4 is 27.3 Å². The minimum atomic E-state index is -3.93. The third-order valence-electron chi connectivity index (χ3n) is 5.07. The van der Waals surface area contributed by atoms with E-state index in [4.69, 9.17) is 10.5 Å². The van der Waals surface area contributed by atoms with E-state index in [9.17, 15) is 13.2 Å². The van der Waals surface area contributed by atoms with Crippen LogP contribution in [0.2, 0.25) is 0 Å². The Hall–Kier alpha value is -2.61. The number of amides is 1. The van der Waals surface area contributed by atoms with Crippen LogP contribution >= 0.6 is 0 Å². The molecule has 1 amide bonds. The molecule has 0 aliphatic rings. The Labute approximate surface area is 190 Å². The fraction of sp³-hybridized carbons (Fsp3) is 0.458. The van der Waals surface area contributed by atoms with Gasteiger partial charge in [-0.2, -0.15) is 0 Å². The first-order valence-corrected chi connectivity index (χ1v) is 12.3. The van der Waals surface area contributed by atoms with E-state index in [1.54, 1.807) is 19.1 Å². The van der Waals surface area contributed by atoms with Gasteiger partial charge >= 0.3 is 0 Å². The van der Waals surface area contributed by atoms with E-state index in [2.05, 4.69) is 0 Å². The summed E-state index contributed by atoms with van der Waals surface area (Å²) in [5.41, 5.74) is 6.51. The predicted octanol–water partition coefficient (Wildman–Crippen LogP) is 4.84. The van der Waals surface area contributed by atoms with E-state index < -0.39 is 27.7 Å². The van der Waals surface area contributed by atoms with Crippen LogP contribution in [0.1, 0.15) is 58.6 Å².